The molecule has 2 atom stereocenters. The fourth-order valence-electron chi connectivity index (χ4n) is 6.69. The van der Waals surface area contributed by atoms with Crippen LogP contribution < -0.4 is 21.5 Å². The van der Waals surface area contributed by atoms with E-state index in [1.165, 1.54) is 0 Å². The van der Waals surface area contributed by atoms with Crippen LogP contribution in [0, 0.1) is 5.82 Å². The number of hydrogen-bond donors (Lipinski definition) is 3. The summed E-state index contributed by atoms with van der Waals surface area (Å²) >= 11 is 0. The number of fused-ring (bicyclic) bond motifs is 1. The number of likely N-dealkylation sites (N-methyl/N-ethyl adjacent to an activating group) is 1. The van der Waals surface area contributed by atoms with Crippen molar-refractivity contribution in [1.82, 2.24) is 29.7 Å². The molecule has 0 saturated carbocycles. The Morgan fingerprint density at radius 1 is 1.00 bits per heavy atom. The molecule has 10 nitrogen and oxygen atoms in total. The Morgan fingerprint density at radius 3 is 2.56 bits per heavy atom. The molecule has 0 aliphatic carbocycles. The van der Waals surface area contributed by atoms with Gasteiger partial charge in [-0.15, -0.1) is 0 Å². The van der Waals surface area contributed by atoms with Crippen LogP contribution in [0.3, 0.4) is 0 Å². The van der Waals surface area contributed by atoms with E-state index in [2.05, 4.69) is 37.8 Å². The maximum Gasteiger partial charge on any atom is 0.260 e. The Bertz CT molecular complexity index is 1700. The van der Waals surface area contributed by atoms with Crippen LogP contribution in [0.5, 0.6) is 0 Å². The molecule has 0 spiro atoms. The topological polar surface area (TPSA) is 99.6 Å². The first-order chi connectivity index (χ1) is 22.0. The maximum atomic E-state index is 15.7. The first kappa shape index (κ1) is 29.8. The minimum atomic E-state index is -0.375. The predicted octanol–water partition coefficient (Wildman–Crippen LogP) is 3.87. The summed E-state index contributed by atoms with van der Waals surface area (Å²) in [5.41, 5.74) is 3.78. The Kier molecular flexibility index (Phi) is 8.75. The van der Waals surface area contributed by atoms with Gasteiger partial charge in [-0.25, -0.2) is 9.37 Å². The monoisotopic (exact) mass is 612 g/mol. The third-order valence-electron chi connectivity index (χ3n) is 9.29. The molecule has 3 saturated heterocycles. The second kappa shape index (κ2) is 13.2. The lowest BCUT2D eigenvalue weighted by Gasteiger charge is -2.27. The number of rotatable bonds is 9. The van der Waals surface area contributed by atoms with E-state index in [1.54, 1.807) is 29.0 Å². The summed E-state index contributed by atoms with van der Waals surface area (Å²) in [7, 11) is 2.09. The molecule has 2 aromatic heterocycles. The molecular weight excluding hydrogens is 571 g/mol. The zero-order valence-corrected chi connectivity index (χ0v) is 25.8. The molecule has 0 bridgehead atoms. The number of likely N-dealkylation sites (tertiary alicyclic amines) is 1. The largest absolute Gasteiger partial charge is 0.381 e. The van der Waals surface area contributed by atoms with Crippen molar-refractivity contribution < 1.29 is 9.13 Å². The second-order valence-corrected chi connectivity index (χ2v) is 12.5. The molecule has 3 N–H and O–H groups in total. The van der Waals surface area contributed by atoms with Crippen molar-refractivity contribution in [3.05, 3.63) is 76.5 Å². The van der Waals surface area contributed by atoms with E-state index >= 15 is 4.39 Å². The van der Waals surface area contributed by atoms with E-state index < -0.39 is 0 Å². The van der Waals surface area contributed by atoms with Crippen LogP contribution in [0.1, 0.15) is 24.3 Å². The van der Waals surface area contributed by atoms with Crippen LogP contribution in [0.25, 0.3) is 22.2 Å². The number of morpholine rings is 1. The van der Waals surface area contributed by atoms with Gasteiger partial charge in [-0.05, 0) is 80.9 Å². The number of anilines is 3. The molecule has 5 heterocycles. The van der Waals surface area contributed by atoms with Gasteiger partial charge < -0.3 is 25.6 Å². The zero-order valence-electron chi connectivity index (χ0n) is 25.8. The Morgan fingerprint density at radius 2 is 1.82 bits per heavy atom. The summed E-state index contributed by atoms with van der Waals surface area (Å²) in [6.07, 6.45) is 3.82. The molecule has 2 aromatic carbocycles. The van der Waals surface area contributed by atoms with Crippen molar-refractivity contribution >= 4 is 28.4 Å². The number of aromatic nitrogens is 3. The third-order valence-corrected chi connectivity index (χ3v) is 9.29. The fraction of sp³-hybridized carbons (Fsp3) is 0.441. The average molecular weight is 613 g/mol. The standard InChI is InChI=1S/C34H41FN8O2/c1-41-11-9-24(22-41)23-2-7-29(31(35)19-23)30-18-25-20-37-34(39-27-5-3-26(4-6-27)38-28-8-10-36-21-28)40-32(25)43(33(30)44)13-12-42-14-16-45-17-15-42/h2-7,18-20,24,28,36,38H,8-17,21-22H2,1H3,(H,37,39,40). The highest BCUT2D eigenvalue weighted by molar-refractivity contribution is 5.82. The first-order valence-electron chi connectivity index (χ1n) is 16.0. The lowest BCUT2D eigenvalue weighted by Crippen LogP contribution is -2.39. The van der Waals surface area contributed by atoms with Gasteiger partial charge in [0.15, 0.2) is 0 Å². The predicted molar refractivity (Wildman–Crippen MR) is 176 cm³/mol. The molecule has 11 heteroatoms. The summed E-state index contributed by atoms with van der Waals surface area (Å²) in [5.74, 6) is 0.323. The number of nitrogens with zero attached hydrogens (tertiary/aromatic N) is 5. The molecule has 0 amide bonds. The third kappa shape index (κ3) is 6.72. The van der Waals surface area contributed by atoms with E-state index in [-0.39, 0.29) is 11.4 Å². The molecule has 3 aliphatic rings. The van der Waals surface area contributed by atoms with Gasteiger partial charge in [0, 0.05) is 73.8 Å². The van der Waals surface area contributed by atoms with Gasteiger partial charge in [0.2, 0.25) is 5.95 Å². The minimum absolute atomic E-state index is 0.260. The summed E-state index contributed by atoms with van der Waals surface area (Å²) in [6.45, 7) is 7.97. The first-order valence-corrected chi connectivity index (χ1v) is 16.0. The molecule has 45 heavy (non-hydrogen) atoms. The van der Waals surface area contributed by atoms with Gasteiger partial charge in [-0.3, -0.25) is 14.3 Å². The average Bonchev–Trinajstić information content (AvgIpc) is 3.74. The van der Waals surface area contributed by atoms with Gasteiger partial charge in [-0.1, -0.05) is 12.1 Å². The smallest absolute Gasteiger partial charge is 0.260 e. The van der Waals surface area contributed by atoms with Crippen molar-refractivity contribution in [1.29, 1.82) is 0 Å². The fourth-order valence-corrected chi connectivity index (χ4v) is 6.69. The van der Waals surface area contributed by atoms with Gasteiger partial charge in [-0.2, -0.15) is 4.98 Å². The highest BCUT2D eigenvalue weighted by Crippen LogP contribution is 2.31. The number of benzene rings is 2. The molecule has 3 aliphatic heterocycles. The number of halogens is 1. The van der Waals surface area contributed by atoms with Crippen molar-refractivity contribution in [2.45, 2.75) is 31.3 Å². The van der Waals surface area contributed by atoms with Crippen LogP contribution in [-0.4, -0.2) is 96.5 Å². The maximum absolute atomic E-state index is 15.7. The molecule has 2 unspecified atom stereocenters. The van der Waals surface area contributed by atoms with Gasteiger partial charge in [0.05, 0.1) is 18.8 Å². The number of hydrogen-bond acceptors (Lipinski definition) is 9. The summed E-state index contributed by atoms with van der Waals surface area (Å²) in [6, 6.07) is 15.6. The highest BCUT2D eigenvalue weighted by atomic mass is 19.1. The van der Waals surface area contributed by atoms with E-state index in [4.69, 9.17) is 9.72 Å². The van der Waals surface area contributed by atoms with Gasteiger partial charge >= 0.3 is 0 Å². The quantitative estimate of drug-likeness (QED) is 0.260. The minimum Gasteiger partial charge on any atom is -0.381 e. The molecule has 236 valence electrons. The van der Waals surface area contributed by atoms with Gasteiger partial charge in [0.1, 0.15) is 11.5 Å². The summed E-state index contributed by atoms with van der Waals surface area (Å²) in [5, 5.41) is 10.9. The van der Waals surface area contributed by atoms with Crippen molar-refractivity contribution in [3.63, 3.8) is 0 Å². The number of ether oxygens (including phenoxy) is 1. The Labute approximate surface area is 262 Å². The van der Waals surface area contributed by atoms with Crippen LogP contribution in [0.15, 0.2) is 59.5 Å². The lowest BCUT2D eigenvalue weighted by atomic mass is 9.95. The molecule has 4 aromatic rings. The van der Waals surface area contributed by atoms with E-state index in [9.17, 15) is 4.79 Å². The summed E-state index contributed by atoms with van der Waals surface area (Å²) in [4.78, 5) is 28.0. The van der Waals surface area contributed by atoms with E-state index in [0.717, 1.165) is 69.0 Å². The van der Waals surface area contributed by atoms with Crippen LogP contribution >= 0.6 is 0 Å². The van der Waals surface area contributed by atoms with Crippen molar-refractivity contribution in [2.24, 2.45) is 0 Å². The second-order valence-electron chi connectivity index (χ2n) is 12.5. The summed E-state index contributed by atoms with van der Waals surface area (Å²) < 4.78 is 22.9. The van der Waals surface area contributed by atoms with Gasteiger partial charge in [0.25, 0.3) is 5.56 Å². The van der Waals surface area contributed by atoms with Crippen LogP contribution in [-0.2, 0) is 11.3 Å². The van der Waals surface area contributed by atoms with Crippen molar-refractivity contribution in [2.75, 3.05) is 76.7 Å². The van der Waals surface area contributed by atoms with Crippen LogP contribution in [0.4, 0.5) is 21.7 Å². The van der Waals surface area contributed by atoms with E-state index in [0.29, 0.717) is 66.4 Å². The van der Waals surface area contributed by atoms with Crippen LogP contribution in [0.2, 0.25) is 0 Å². The molecule has 3 fully saturated rings. The molecule has 0 radical (unpaired) electrons. The number of nitrogens with one attached hydrogen (secondary N) is 3. The Balaban J connectivity index is 1.19. The normalized spacial score (nSPS) is 21.0. The van der Waals surface area contributed by atoms with Crippen molar-refractivity contribution in [3.8, 4) is 11.1 Å². The van der Waals surface area contributed by atoms with E-state index in [1.807, 2.05) is 30.3 Å². The molecular formula is C34H41FN8O2. The lowest BCUT2D eigenvalue weighted by molar-refractivity contribution is 0.0364. The zero-order chi connectivity index (χ0) is 30.8. The molecule has 7 rings (SSSR count). The Hall–Kier alpha value is -3.90. The SMILES string of the molecule is CN1CCC(c2ccc(-c3cc4cnc(Nc5ccc(NC6CCNC6)cc5)nc4n(CCN4CCOCC4)c3=O)c(F)c2)C1. The number of pyridine rings is 1. The highest BCUT2D eigenvalue weighted by Gasteiger charge is 2.23.